The first-order valence-corrected chi connectivity index (χ1v) is 14.7. The second-order valence-corrected chi connectivity index (χ2v) is 12.3. The molecule has 228 valence electrons. The lowest BCUT2D eigenvalue weighted by Crippen LogP contribution is -2.50. The highest BCUT2D eigenvalue weighted by Crippen LogP contribution is 2.37. The number of fused-ring (bicyclic) bond motifs is 1. The van der Waals surface area contributed by atoms with E-state index in [4.69, 9.17) is 0 Å². The minimum Gasteiger partial charge on any atom is -0.391 e. The van der Waals surface area contributed by atoms with E-state index in [0.29, 0.717) is 18.3 Å². The minimum atomic E-state index is -1.02. The molecule has 1 aromatic heterocycles. The van der Waals surface area contributed by atoms with Crippen molar-refractivity contribution in [2.45, 2.75) is 63.5 Å². The van der Waals surface area contributed by atoms with Crippen molar-refractivity contribution in [3.63, 3.8) is 0 Å². The first-order chi connectivity index (χ1) is 20.5. The number of nitrogens with zero attached hydrogens (tertiary/aromatic N) is 1. The van der Waals surface area contributed by atoms with Gasteiger partial charge in [-0.2, -0.15) is 5.10 Å². The Bertz CT molecular complexity index is 1460. The third-order valence-corrected chi connectivity index (χ3v) is 8.16. The number of hydrogen-bond acceptors (Lipinski definition) is 5. The van der Waals surface area contributed by atoms with Crippen LogP contribution < -0.4 is 10.6 Å². The number of aliphatic hydroxyl groups is 1. The first kappa shape index (κ1) is 32.0. The fraction of sp³-hybridized carbons (Fsp3) is 0.371. The van der Waals surface area contributed by atoms with E-state index >= 15 is 0 Å². The zero-order chi connectivity index (χ0) is 31.0. The van der Waals surface area contributed by atoms with Gasteiger partial charge in [0.05, 0.1) is 12.3 Å². The van der Waals surface area contributed by atoms with Gasteiger partial charge in [0, 0.05) is 42.5 Å². The predicted molar refractivity (Wildman–Crippen MR) is 167 cm³/mol. The number of aldehydes is 1. The number of carbonyl (C=O) groups excluding carboxylic acids is 1. The Morgan fingerprint density at radius 1 is 1.05 bits per heavy atom. The Morgan fingerprint density at radius 2 is 1.77 bits per heavy atom. The summed E-state index contributed by atoms with van der Waals surface area (Å²) in [6, 6.07) is 21.8. The van der Waals surface area contributed by atoms with E-state index < -0.39 is 29.2 Å². The van der Waals surface area contributed by atoms with Gasteiger partial charge >= 0.3 is 0 Å². The highest BCUT2D eigenvalue weighted by Gasteiger charge is 2.38. The summed E-state index contributed by atoms with van der Waals surface area (Å²) < 4.78 is 27.2. The first-order valence-electron chi connectivity index (χ1n) is 14.7. The second-order valence-electron chi connectivity index (χ2n) is 12.3. The monoisotopic (exact) mass is 588 g/mol. The molecule has 1 heterocycles. The van der Waals surface area contributed by atoms with Gasteiger partial charge in [-0.3, -0.25) is 5.10 Å². The summed E-state index contributed by atoms with van der Waals surface area (Å²) in [5.74, 6) is -2.20. The van der Waals surface area contributed by atoms with Crippen molar-refractivity contribution < 1.29 is 18.7 Å². The molecule has 3 aromatic carbocycles. The van der Waals surface area contributed by atoms with Crippen molar-refractivity contribution in [2.75, 3.05) is 18.9 Å². The molecule has 3 atom stereocenters. The predicted octanol–water partition coefficient (Wildman–Crippen LogP) is 6.11. The molecule has 4 N–H and O–H groups in total. The summed E-state index contributed by atoms with van der Waals surface area (Å²) >= 11 is 0. The molecule has 0 aliphatic heterocycles. The van der Waals surface area contributed by atoms with Crippen molar-refractivity contribution >= 4 is 12.0 Å². The molecule has 0 spiro atoms. The van der Waals surface area contributed by atoms with Crippen LogP contribution in [0.15, 0.2) is 79.0 Å². The molecule has 3 unspecified atom stereocenters. The van der Waals surface area contributed by atoms with E-state index in [1.54, 1.807) is 0 Å². The highest BCUT2D eigenvalue weighted by atomic mass is 19.1. The number of aromatic nitrogens is 2. The van der Waals surface area contributed by atoms with Gasteiger partial charge in [0.1, 0.15) is 17.9 Å². The van der Waals surface area contributed by atoms with Crippen LogP contribution in [0.1, 0.15) is 55.1 Å². The molecule has 1 aliphatic rings. The highest BCUT2D eigenvalue weighted by molar-refractivity contribution is 5.55. The third-order valence-electron chi connectivity index (χ3n) is 8.16. The molecule has 0 radical (unpaired) electrons. The number of para-hydroxylation sites is 1. The van der Waals surface area contributed by atoms with Crippen LogP contribution in [0, 0.1) is 17.6 Å². The number of H-pyrrole nitrogens is 1. The molecule has 43 heavy (non-hydrogen) atoms. The molecule has 5 rings (SSSR count). The van der Waals surface area contributed by atoms with Crippen molar-refractivity contribution in [1.82, 2.24) is 15.5 Å². The van der Waals surface area contributed by atoms with E-state index in [0.717, 1.165) is 41.4 Å². The van der Waals surface area contributed by atoms with Crippen LogP contribution in [0.5, 0.6) is 0 Å². The molecule has 0 bridgehead atoms. The second kappa shape index (κ2) is 14.1. The van der Waals surface area contributed by atoms with Gasteiger partial charge in [-0.25, -0.2) is 8.78 Å². The number of carbonyl (C=O) groups is 1. The fourth-order valence-corrected chi connectivity index (χ4v) is 5.57. The number of hydrogen-bond donors (Lipinski definition) is 4. The van der Waals surface area contributed by atoms with Crippen molar-refractivity contribution in [2.24, 2.45) is 5.92 Å². The number of rotatable bonds is 9. The maximum Gasteiger partial charge on any atom is 0.126 e. The van der Waals surface area contributed by atoms with Gasteiger partial charge < -0.3 is 20.5 Å². The minimum absolute atomic E-state index is 0.0188. The van der Waals surface area contributed by atoms with Crippen LogP contribution in [0.2, 0.25) is 0 Å². The number of aryl methyl sites for hydroxylation is 1. The van der Waals surface area contributed by atoms with Crippen molar-refractivity contribution in [3.8, 4) is 0 Å². The van der Waals surface area contributed by atoms with Crippen LogP contribution in [-0.2, 0) is 35.0 Å². The van der Waals surface area contributed by atoms with Crippen molar-refractivity contribution in [3.05, 3.63) is 119 Å². The van der Waals surface area contributed by atoms with Crippen LogP contribution >= 0.6 is 0 Å². The number of nitrogens with one attached hydrogen (secondary N) is 3. The van der Waals surface area contributed by atoms with Gasteiger partial charge in [0.2, 0.25) is 0 Å². The standard InChI is InChI=1S/C28H33F2N3O2.C7H9N/c1-27(2,3)21-5-4-6-22(12-21)28(8-7-25-20(14-28)15-32-33-25)31-16-26(35)19(17-34)9-18-10-23(29)13-24(30)11-18;1-8-7-5-3-2-4-6-7/h4-6,10-13,15,17,19,26,31,35H,7-9,14,16H2,1-3H3,(H,32,33);2-6,8H,1H3. The Labute approximate surface area is 252 Å². The SMILES string of the molecule is CC(C)(C)c1cccc(C2(NCC(O)C(C=O)Cc3cc(F)cc(F)c3)CCc3[nH]ncc3C2)c1.CNc1ccccc1. The Hall–Kier alpha value is -3.88. The lowest BCUT2D eigenvalue weighted by molar-refractivity contribution is -0.114. The Kier molecular flexibility index (Phi) is 10.5. The number of benzene rings is 3. The molecule has 8 heteroatoms. The molecule has 0 fully saturated rings. The lowest BCUT2D eigenvalue weighted by Gasteiger charge is -2.40. The summed E-state index contributed by atoms with van der Waals surface area (Å²) in [7, 11) is 1.91. The molecular formula is C35H42F2N4O2. The summed E-state index contributed by atoms with van der Waals surface area (Å²) in [6.07, 6.45) is 3.84. The Balaban J connectivity index is 0.000000458. The Morgan fingerprint density at radius 3 is 2.40 bits per heavy atom. The largest absolute Gasteiger partial charge is 0.391 e. The van der Waals surface area contributed by atoms with Gasteiger partial charge in [0.15, 0.2) is 0 Å². The fourth-order valence-electron chi connectivity index (χ4n) is 5.57. The van der Waals surface area contributed by atoms with Gasteiger partial charge in [-0.15, -0.1) is 0 Å². The summed E-state index contributed by atoms with van der Waals surface area (Å²) in [5.41, 5.74) is 5.62. The maximum absolute atomic E-state index is 13.6. The number of aliphatic hydroxyl groups excluding tert-OH is 1. The van der Waals surface area contributed by atoms with Gasteiger partial charge in [-0.1, -0.05) is 63.2 Å². The normalized spacial score (nSPS) is 17.7. The van der Waals surface area contributed by atoms with E-state index in [1.807, 2.05) is 43.6 Å². The molecule has 4 aromatic rings. The number of aromatic amines is 1. The zero-order valence-electron chi connectivity index (χ0n) is 25.3. The molecule has 6 nitrogen and oxygen atoms in total. The molecule has 0 saturated carbocycles. The van der Waals surface area contributed by atoms with Crippen LogP contribution in [0.3, 0.4) is 0 Å². The lowest BCUT2D eigenvalue weighted by atomic mass is 9.74. The van der Waals surface area contributed by atoms with Crippen molar-refractivity contribution in [1.29, 1.82) is 0 Å². The molecular weight excluding hydrogens is 546 g/mol. The number of anilines is 1. The van der Waals surface area contributed by atoms with Gasteiger partial charge in [0.25, 0.3) is 0 Å². The van der Waals surface area contributed by atoms with E-state index in [-0.39, 0.29) is 18.4 Å². The molecule has 1 aliphatic carbocycles. The van der Waals surface area contributed by atoms with Crippen LogP contribution in [-0.4, -0.2) is 41.3 Å². The maximum atomic E-state index is 13.6. The zero-order valence-corrected chi connectivity index (χ0v) is 25.3. The summed E-state index contributed by atoms with van der Waals surface area (Å²) in [6.45, 7) is 6.69. The van der Waals surface area contributed by atoms with E-state index in [9.17, 15) is 18.7 Å². The smallest absolute Gasteiger partial charge is 0.126 e. The average molecular weight is 589 g/mol. The van der Waals surface area contributed by atoms with E-state index in [2.05, 4.69) is 65.9 Å². The topological polar surface area (TPSA) is 90.0 Å². The quantitative estimate of drug-likeness (QED) is 0.177. The van der Waals surface area contributed by atoms with Gasteiger partial charge in [-0.05, 0) is 77.6 Å². The van der Waals surface area contributed by atoms with E-state index in [1.165, 1.54) is 17.7 Å². The van der Waals surface area contributed by atoms with Crippen LogP contribution in [0.4, 0.5) is 14.5 Å². The average Bonchev–Trinajstić information content (AvgIpc) is 3.46. The summed E-state index contributed by atoms with van der Waals surface area (Å²) in [4.78, 5) is 11.8. The summed E-state index contributed by atoms with van der Waals surface area (Å²) in [5, 5.41) is 24.8. The molecule has 0 amide bonds. The number of halogens is 2. The molecule has 0 saturated heterocycles. The van der Waals surface area contributed by atoms with Crippen LogP contribution in [0.25, 0.3) is 0 Å². The third kappa shape index (κ3) is 8.36.